The van der Waals surface area contributed by atoms with Crippen LogP contribution in [-0.4, -0.2) is 15.7 Å². The van der Waals surface area contributed by atoms with Crippen LogP contribution in [0.1, 0.15) is 10.4 Å². The van der Waals surface area contributed by atoms with E-state index in [2.05, 4.69) is 33.0 Å². The number of hydrogen-bond acceptors (Lipinski definition) is 2. The van der Waals surface area contributed by atoms with Crippen molar-refractivity contribution in [2.75, 3.05) is 5.32 Å². The first kappa shape index (κ1) is 12.4. The van der Waals surface area contributed by atoms with Gasteiger partial charge in [0.05, 0.1) is 16.9 Å². The number of aromatic nitrogens is 2. The maximum Gasteiger partial charge on any atom is 0.255 e. The molecule has 4 nitrogen and oxygen atoms in total. The summed E-state index contributed by atoms with van der Waals surface area (Å²) < 4.78 is 2.54. The predicted molar refractivity (Wildman–Crippen MR) is 75.3 cm³/mol. The summed E-state index contributed by atoms with van der Waals surface area (Å²) in [6, 6.07) is 5.19. The second kappa shape index (κ2) is 5.05. The number of halogens is 2. The van der Waals surface area contributed by atoms with Crippen molar-refractivity contribution in [3.8, 4) is 0 Å². The third-order valence-corrected chi connectivity index (χ3v) is 3.72. The van der Waals surface area contributed by atoms with Gasteiger partial charge in [-0.3, -0.25) is 9.48 Å². The molecule has 6 heteroatoms. The van der Waals surface area contributed by atoms with Gasteiger partial charge in [0.1, 0.15) is 0 Å². The van der Waals surface area contributed by atoms with E-state index >= 15 is 0 Å². The summed E-state index contributed by atoms with van der Waals surface area (Å²) in [4.78, 5) is 11.9. The highest BCUT2D eigenvalue weighted by Gasteiger charge is 2.08. The molecule has 0 fully saturated rings. The molecule has 1 amide bonds. The lowest BCUT2D eigenvalue weighted by Crippen LogP contribution is -2.11. The molecule has 1 aromatic carbocycles. The number of rotatable bonds is 2. The first-order valence-corrected chi connectivity index (χ1v) is 6.27. The number of aryl methyl sites for hydroxylation is 1. The largest absolute Gasteiger partial charge is 0.319 e. The molecule has 1 heterocycles. The molecule has 0 saturated carbocycles. The quantitative estimate of drug-likeness (QED) is 0.836. The second-order valence-corrected chi connectivity index (χ2v) is 5.06. The van der Waals surface area contributed by atoms with Crippen molar-refractivity contribution in [3.05, 3.63) is 44.7 Å². The summed E-state index contributed by atoms with van der Waals surface area (Å²) in [6.07, 6.45) is 3.32. The van der Waals surface area contributed by atoms with Crippen molar-refractivity contribution < 1.29 is 4.79 Å². The van der Waals surface area contributed by atoms with Gasteiger partial charge in [0.25, 0.3) is 5.91 Å². The second-order valence-electron chi connectivity index (χ2n) is 3.49. The zero-order valence-corrected chi connectivity index (χ0v) is 11.9. The summed E-state index contributed by atoms with van der Waals surface area (Å²) in [5, 5.41) is 7.29. The fraction of sp³-hybridized carbons (Fsp3) is 0.0909. The van der Waals surface area contributed by atoms with Crippen molar-refractivity contribution in [2.24, 2.45) is 7.05 Å². The Morgan fingerprint density at radius 2 is 2.29 bits per heavy atom. The van der Waals surface area contributed by atoms with Crippen LogP contribution in [-0.2, 0) is 7.05 Å². The fourth-order valence-electron chi connectivity index (χ4n) is 1.33. The number of carbonyl (C=O) groups excluding carboxylic acids is 1. The summed E-state index contributed by atoms with van der Waals surface area (Å²) in [6.45, 7) is 0. The van der Waals surface area contributed by atoms with Crippen LogP contribution in [0, 0.1) is 3.57 Å². The van der Waals surface area contributed by atoms with E-state index in [9.17, 15) is 4.79 Å². The Labute approximate surface area is 117 Å². The van der Waals surface area contributed by atoms with Gasteiger partial charge in [-0.15, -0.1) is 0 Å². The minimum Gasteiger partial charge on any atom is -0.319 e. The first-order valence-electron chi connectivity index (χ1n) is 4.81. The minimum absolute atomic E-state index is 0.198. The lowest BCUT2D eigenvalue weighted by Gasteiger charge is -2.03. The Morgan fingerprint density at radius 3 is 2.88 bits per heavy atom. The van der Waals surface area contributed by atoms with Gasteiger partial charge in [-0.05, 0) is 40.8 Å². The zero-order chi connectivity index (χ0) is 12.4. The number of benzene rings is 1. The van der Waals surface area contributed by atoms with Crippen molar-refractivity contribution in [1.82, 2.24) is 9.78 Å². The highest BCUT2D eigenvalue weighted by molar-refractivity contribution is 14.1. The molecular formula is C11H9ClIN3O. The van der Waals surface area contributed by atoms with Gasteiger partial charge in [0.2, 0.25) is 0 Å². The van der Waals surface area contributed by atoms with Gasteiger partial charge in [0, 0.05) is 22.4 Å². The first-order chi connectivity index (χ1) is 8.06. The maximum atomic E-state index is 11.9. The maximum absolute atomic E-state index is 11.9. The molecule has 0 aliphatic heterocycles. The Hall–Kier alpha value is -1.08. The van der Waals surface area contributed by atoms with Crippen molar-refractivity contribution in [2.45, 2.75) is 0 Å². The SMILES string of the molecule is Cn1cc(NC(=O)c2ccc(I)c(Cl)c2)cn1. The van der Waals surface area contributed by atoms with Crippen molar-refractivity contribution in [1.29, 1.82) is 0 Å². The monoisotopic (exact) mass is 361 g/mol. The van der Waals surface area contributed by atoms with E-state index < -0.39 is 0 Å². The lowest BCUT2D eigenvalue weighted by atomic mass is 10.2. The number of nitrogens with one attached hydrogen (secondary N) is 1. The molecule has 0 saturated heterocycles. The Kier molecular flexibility index (Phi) is 3.68. The van der Waals surface area contributed by atoms with Crippen molar-refractivity contribution in [3.63, 3.8) is 0 Å². The van der Waals surface area contributed by atoms with Gasteiger partial charge < -0.3 is 5.32 Å². The van der Waals surface area contributed by atoms with E-state index in [0.717, 1.165) is 3.57 Å². The molecule has 17 heavy (non-hydrogen) atoms. The molecule has 1 aromatic heterocycles. The van der Waals surface area contributed by atoms with Crippen LogP contribution in [0.15, 0.2) is 30.6 Å². The molecule has 0 aliphatic carbocycles. The molecule has 88 valence electrons. The van der Waals surface area contributed by atoms with Gasteiger partial charge in [-0.25, -0.2) is 0 Å². The van der Waals surface area contributed by atoms with E-state index in [4.69, 9.17) is 11.6 Å². The van der Waals surface area contributed by atoms with Crippen LogP contribution in [0.25, 0.3) is 0 Å². The average Bonchev–Trinajstić information content (AvgIpc) is 2.68. The number of hydrogen-bond donors (Lipinski definition) is 1. The van der Waals surface area contributed by atoms with E-state index in [1.807, 2.05) is 0 Å². The van der Waals surface area contributed by atoms with E-state index in [-0.39, 0.29) is 5.91 Å². The number of nitrogens with zero attached hydrogens (tertiary/aromatic N) is 2. The van der Waals surface area contributed by atoms with E-state index in [1.165, 1.54) is 0 Å². The average molecular weight is 362 g/mol. The molecule has 0 spiro atoms. The Morgan fingerprint density at radius 1 is 1.53 bits per heavy atom. The fourth-order valence-corrected chi connectivity index (χ4v) is 1.84. The Balaban J connectivity index is 2.17. The highest BCUT2D eigenvalue weighted by Crippen LogP contribution is 2.20. The van der Waals surface area contributed by atoms with E-state index in [0.29, 0.717) is 16.3 Å². The summed E-state index contributed by atoms with van der Waals surface area (Å²) in [5.74, 6) is -0.198. The molecule has 0 radical (unpaired) electrons. The highest BCUT2D eigenvalue weighted by atomic mass is 127. The van der Waals surface area contributed by atoms with Crippen molar-refractivity contribution >= 4 is 45.8 Å². The smallest absolute Gasteiger partial charge is 0.255 e. The normalized spacial score (nSPS) is 10.3. The zero-order valence-electron chi connectivity index (χ0n) is 8.95. The van der Waals surface area contributed by atoms with Crippen LogP contribution in [0.2, 0.25) is 5.02 Å². The van der Waals surface area contributed by atoms with Gasteiger partial charge in [-0.2, -0.15) is 5.10 Å². The number of anilines is 1. The molecular weight excluding hydrogens is 352 g/mol. The molecule has 0 unspecified atom stereocenters. The van der Waals surface area contributed by atoms with Crippen LogP contribution >= 0.6 is 34.2 Å². The molecule has 2 rings (SSSR count). The Bertz CT molecular complexity index is 568. The van der Waals surface area contributed by atoms with Crippen LogP contribution in [0.4, 0.5) is 5.69 Å². The third-order valence-electron chi connectivity index (χ3n) is 2.14. The number of amides is 1. The van der Waals surface area contributed by atoms with Gasteiger partial charge in [0.15, 0.2) is 0 Å². The number of carbonyl (C=O) groups is 1. The lowest BCUT2D eigenvalue weighted by molar-refractivity contribution is 0.102. The van der Waals surface area contributed by atoms with Crippen LogP contribution in [0.5, 0.6) is 0 Å². The predicted octanol–water partition coefficient (Wildman–Crippen LogP) is 2.93. The minimum atomic E-state index is -0.198. The van der Waals surface area contributed by atoms with Gasteiger partial charge in [-0.1, -0.05) is 11.6 Å². The molecule has 0 aliphatic rings. The molecule has 1 N–H and O–H groups in total. The van der Waals surface area contributed by atoms with Crippen LogP contribution < -0.4 is 5.32 Å². The third kappa shape index (κ3) is 2.98. The molecule has 0 atom stereocenters. The molecule has 0 bridgehead atoms. The topological polar surface area (TPSA) is 46.9 Å². The summed E-state index contributed by atoms with van der Waals surface area (Å²) in [5.41, 5.74) is 1.19. The van der Waals surface area contributed by atoms with E-state index in [1.54, 1.807) is 42.3 Å². The molecule has 2 aromatic rings. The van der Waals surface area contributed by atoms with Gasteiger partial charge >= 0.3 is 0 Å². The van der Waals surface area contributed by atoms with Crippen LogP contribution in [0.3, 0.4) is 0 Å². The summed E-state index contributed by atoms with van der Waals surface area (Å²) in [7, 11) is 1.79. The standard InChI is InChI=1S/C11H9ClIN3O/c1-16-6-8(5-14-16)15-11(17)7-2-3-10(13)9(12)4-7/h2-6H,1H3,(H,15,17). The summed E-state index contributed by atoms with van der Waals surface area (Å²) >= 11 is 8.08.